The summed E-state index contributed by atoms with van der Waals surface area (Å²) < 4.78 is 0. The molecular formula is C27H27ClN2O2. The maximum absolute atomic E-state index is 13.2. The lowest BCUT2D eigenvalue weighted by Crippen LogP contribution is -2.44. The number of amides is 2. The van der Waals surface area contributed by atoms with Crippen molar-refractivity contribution in [2.75, 3.05) is 13.1 Å². The highest BCUT2D eigenvalue weighted by Crippen LogP contribution is 2.26. The number of carbonyl (C=O) groups excluding carboxylic acids is 2. The molecule has 1 aliphatic heterocycles. The van der Waals surface area contributed by atoms with Crippen LogP contribution in [0.3, 0.4) is 0 Å². The summed E-state index contributed by atoms with van der Waals surface area (Å²) in [6.07, 6.45) is 1.32. The molecule has 1 fully saturated rings. The van der Waals surface area contributed by atoms with Crippen LogP contribution in [0.1, 0.15) is 45.9 Å². The van der Waals surface area contributed by atoms with Crippen LogP contribution in [0.15, 0.2) is 78.9 Å². The zero-order valence-corrected chi connectivity index (χ0v) is 18.9. The number of halogens is 1. The maximum Gasteiger partial charge on any atom is 0.254 e. The number of nitrogens with one attached hydrogen (secondary N) is 1. The molecular weight excluding hydrogens is 420 g/mol. The van der Waals surface area contributed by atoms with E-state index in [1.165, 1.54) is 0 Å². The van der Waals surface area contributed by atoms with Gasteiger partial charge in [0.15, 0.2) is 0 Å². The third kappa shape index (κ3) is 5.03. The molecule has 32 heavy (non-hydrogen) atoms. The summed E-state index contributed by atoms with van der Waals surface area (Å²) in [6.45, 7) is 3.12. The van der Waals surface area contributed by atoms with E-state index >= 15 is 0 Å². The lowest BCUT2D eigenvalue weighted by molar-refractivity contribution is -0.126. The summed E-state index contributed by atoms with van der Waals surface area (Å²) >= 11 is 6.06. The molecule has 3 aromatic rings. The van der Waals surface area contributed by atoms with Gasteiger partial charge < -0.3 is 10.2 Å². The first kappa shape index (κ1) is 22.1. The summed E-state index contributed by atoms with van der Waals surface area (Å²) in [5.41, 5.74) is 3.73. The standard InChI is InChI=1S/C27H27ClN2O2/c1-19-7-5-6-10-24(19)27(32)30-17-15-22(16-18-30)26(31)29-25(20-8-3-2-4-9-20)21-11-13-23(28)14-12-21/h2-14,22,25H,15-18H2,1H3,(H,29,31)/t25-/m0/s1. The molecule has 164 valence electrons. The van der Waals surface area contributed by atoms with Crippen LogP contribution in [-0.2, 0) is 4.79 Å². The molecule has 1 atom stereocenters. The van der Waals surface area contributed by atoms with Crippen LogP contribution in [0, 0.1) is 12.8 Å². The van der Waals surface area contributed by atoms with Crippen LogP contribution in [0.5, 0.6) is 0 Å². The number of carbonyl (C=O) groups is 2. The Morgan fingerprint density at radius 3 is 2.12 bits per heavy atom. The molecule has 1 heterocycles. The van der Waals surface area contributed by atoms with E-state index in [1.54, 1.807) is 0 Å². The van der Waals surface area contributed by atoms with Gasteiger partial charge in [0.2, 0.25) is 5.91 Å². The normalized spacial score (nSPS) is 15.2. The Morgan fingerprint density at radius 1 is 0.875 bits per heavy atom. The van der Waals surface area contributed by atoms with E-state index in [-0.39, 0.29) is 23.8 Å². The molecule has 0 bridgehead atoms. The van der Waals surface area contributed by atoms with Gasteiger partial charge in [0.05, 0.1) is 6.04 Å². The summed E-state index contributed by atoms with van der Waals surface area (Å²) in [4.78, 5) is 27.9. The van der Waals surface area contributed by atoms with Crippen molar-refractivity contribution in [1.29, 1.82) is 0 Å². The number of hydrogen-bond acceptors (Lipinski definition) is 2. The van der Waals surface area contributed by atoms with Crippen LogP contribution in [-0.4, -0.2) is 29.8 Å². The molecule has 3 aromatic carbocycles. The van der Waals surface area contributed by atoms with Crippen LogP contribution in [0.4, 0.5) is 0 Å². The minimum absolute atomic E-state index is 0.0248. The van der Waals surface area contributed by atoms with E-state index in [0.717, 1.165) is 22.3 Å². The van der Waals surface area contributed by atoms with Gasteiger partial charge in [0.25, 0.3) is 5.91 Å². The van der Waals surface area contributed by atoms with E-state index in [4.69, 9.17) is 11.6 Å². The van der Waals surface area contributed by atoms with Gasteiger partial charge in [-0.3, -0.25) is 9.59 Å². The number of likely N-dealkylation sites (tertiary alicyclic amines) is 1. The molecule has 0 saturated carbocycles. The Labute approximate surface area is 194 Å². The fourth-order valence-corrected chi connectivity index (χ4v) is 4.37. The Morgan fingerprint density at radius 2 is 1.47 bits per heavy atom. The van der Waals surface area contributed by atoms with Gasteiger partial charge in [0.1, 0.15) is 0 Å². The number of nitrogens with zero attached hydrogens (tertiary/aromatic N) is 1. The molecule has 0 unspecified atom stereocenters. The van der Waals surface area contributed by atoms with Crippen molar-refractivity contribution in [3.63, 3.8) is 0 Å². The summed E-state index contributed by atoms with van der Waals surface area (Å²) in [6, 6.07) is 24.9. The summed E-state index contributed by atoms with van der Waals surface area (Å²) in [7, 11) is 0. The third-order valence-electron chi connectivity index (χ3n) is 6.15. The van der Waals surface area contributed by atoms with Crippen molar-refractivity contribution >= 4 is 23.4 Å². The smallest absolute Gasteiger partial charge is 0.254 e. The molecule has 4 nitrogen and oxygen atoms in total. The highest BCUT2D eigenvalue weighted by Gasteiger charge is 2.30. The topological polar surface area (TPSA) is 49.4 Å². The number of benzene rings is 3. The number of rotatable bonds is 5. The van der Waals surface area contributed by atoms with Crippen LogP contribution in [0.2, 0.25) is 5.02 Å². The monoisotopic (exact) mass is 446 g/mol. The Balaban J connectivity index is 1.43. The minimum atomic E-state index is -0.243. The zero-order chi connectivity index (χ0) is 22.5. The van der Waals surface area contributed by atoms with Crippen LogP contribution in [0.25, 0.3) is 0 Å². The molecule has 2 amide bonds. The Kier molecular flexibility index (Phi) is 6.91. The van der Waals surface area contributed by atoms with E-state index in [0.29, 0.717) is 31.0 Å². The Hall–Kier alpha value is -3.11. The molecule has 1 N–H and O–H groups in total. The van der Waals surface area contributed by atoms with E-state index in [1.807, 2.05) is 90.7 Å². The van der Waals surface area contributed by atoms with Crippen molar-refractivity contribution in [3.05, 3.63) is 106 Å². The highest BCUT2D eigenvalue weighted by atomic mass is 35.5. The van der Waals surface area contributed by atoms with Gasteiger partial charge in [-0.15, -0.1) is 0 Å². The number of aryl methyl sites for hydroxylation is 1. The third-order valence-corrected chi connectivity index (χ3v) is 6.40. The number of hydrogen-bond donors (Lipinski definition) is 1. The lowest BCUT2D eigenvalue weighted by Gasteiger charge is -2.32. The second-order valence-corrected chi connectivity index (χ2v) is 8.72. The molecule has 0 aliphatic carbocycles. The molecule has 4 rings (SSSR count). The van der Waals surface area contributed by atoms with Crippen molar-refractivity contribution in [2.24, 2.45) is 5.92 Å². The SMILES string of the molecule is Cc1ccccc1C(=O)N1CCC(C(=O)N[C@@H](c2ccccc2)c2ccc(Cl)cc2)CC1. The van der Waals surface area contributed by atoms with Crippen molar-refractivity contribution < 1.29 is 9.59 Å². The largest absolute Gasteiger partial charge is 0.345 e. The molecule has 0 spiro atoms. The first-order chi connectivity index (χ1) is 15.5. The van der Waals surface area contributed by atoms with Gasteiger partial charge in [0, 0.05) is 29.6 Å². The van der Waals surface area contributed by atoms with Gasteiger partial charge in [-0.2, -0.15) is 0 Å². The van der Waals surface area contributed by atoms with Crippen LogP contribution < -0.4 is 5.32 Å². The van der Waals surface area contributed by atoms with Crippen molar-refractivity contribution in [1.82, 2.24) is 10.2 Å². The average Bonchev–Trinajstić information content (AvgIpc) is 2.83. The molecule has 1 aliphatic rings. The van der Waals surface area contributed by atoms with E-state index < -0.39 is 0 Å². The highest BCUT2D eigenvalue weighted by molar-refractivity contribution is 6.30. The summed E-state index contributed by atoms with van der Waals surface area (Å²) in [5.74, 6) is -0.0449. The van der Waals surface area contributed by atoms with Crippen LogP contribution >= 0.6 is 11.6 Å². The number of piperidine rings is 1. The van der Waals surface area contributed by atoms with E-state index in [2.05, 4.69) is 5.32 Å². The Bertz CT molecular complexity index is 1070. The fourth-order valence-electron chi connectivity index (χ4n) is 4.25. The van der Waals surface area contributed by atoms with Crippen molar-refractivity contribution in [2.45, 2.75) is 25.8 Å². The molecule has 0 radical (unpaired) electrons. The second kappa shape index (κ2) is 10.0. The lowest BCUT2D eigenvalue weighted by atomic mass is 9.93. The zero-order valence-electron chi connectivity index (χ0n) is 18.1. The van der Waals surface area contributed by atoms with Gasteiger partial charge in [-0.1, -0.05) is 72.3 Å². The first-order valence-corrected chi connectivity index (χ1v) is 11.4. The maximum atomic E-state index is 13.2. The minimum Gasteiger partial charge on any atom is -0.345 e. The van der Waals surface area contributed by atoms with Gasteiger partial charge in [-0.05, 0) is 54.7 Å². The molecule has 5 heteroatoms. The second-order valence-electron chi connectivity index (χ2n) is 8.29. The predicted molar refractivity (Wildman–Crippen MR) is 128 cm³/mol. The average molecular weight is 447 g/mol. The van der Waals surface area contributed by atoms with Crippen molar-refractivity contribution in [3.8, 4) is 0 Å². The quantitative estimate of drug-likeness (QED) is 0.570. The summed E-state index contributed by atoms with van der Waals surface area (Å²) in [5, 5.41) is 3.90. The molecule has 1 saturated heterocycles. The fraction of sp³-hybridized carbons (Fsp3) is 0.259. The van der Waals surface area contributed by atoms with E-state index in [9.17, 15) is 9.59 Å². The molecule has 0 aromatic heterocycles. The first-order valence-electron chi connectivity index (χ1n) is 11.0. The van der Waals surface area contributed by atoms with Gasteiger partial charge in [-0.25, -0.2) is 0 Å². The predicted octanol–water partition coefficient (Wildman–Crippen LogP) is 5.41. The van der Waals surface area contributed by atoms with Gasteiger partial charge >= 0.3 is 0 Å².